The average molecular weight is 287 g/mol. The van der Waals surface area contributed by atoms with Crippen LogP contribution in [0.1, 0.15) is 30.4 Å². The van der Waals surface area contributed by atoms with E-state index in [1.807, 2.05) is 0 Å². The number of rotatable bonds is 4. The van der Waals surface area contributed by atoms with Crippen LogP contribution in [0.15, 0.2) is 18.2 Å². The number of amides is 1. The molecule has 1 aromatic rings. The Balaban J connectivity index is 0.00000180. The van der Waals surface area contributed by atoms with Gasteiger partial charge in [-0.05, 0) is 43.5 Å². The third kappa shape index (κ3) is 4.80. The molecule has 3 nitrogen and oxygen atoms in total. The molecule has 0 aliphatic carbocycles. The van der Waals surface area contributed by atoms with Crippen LogP contribution in [0.4, 0.5) is 4.39 Å². The van der Waals surface area contributed by atoms with Gasteiger partial charge in [-0.25, -0.2) is 4.39 Å². The number of hydrogen-bond acceptors (Lipinski definition) is 2. The predicted octanol–water partition coefficient (Wildman–Crippen LogP) is 2.31. The normalized spacial score (nSPS) is 17.9. The van der Waals surface area contributed by atoms with Gasteiger partial charge in [0, 0.05) is 19.0 Å². The molecular formula is C14H20ClFN2O. The minimum Gasteiger partial charge on any atom is -0.352 e. The molecule has 1 aliphatic rings. The largest absolute Gasteiger partial charge is 0.352 e. The lowest BCUT2D eigenvalue weighted by molar-refractivity contribution is -0.121. The molecule has 1 fully saturated rings. The standard InChI is InChI=1S/C14H19FN2O.ClH/c1-10-7-11(4-5-13(10)15)9-17-14(18)8-12-3-2-6-16-12;/h4-5,7,12,16H,2-3,6,8-9H2,1H3,(H,17,18);1H. The van der Waals surface area contributed by atoms with Crippen LogP contribution in [0.2, 0.25) is 0 Å². The summed E-state index contributed by atoms with van der Waals surface area (Å²) in [5.74, 6) is -0.156. The summed E-state index contributed by atoms with van der Waals surface area (Å²) < 4.78 is 13.1. The Morgan fingerprint density at radius 3 is 2.95 bits per heavy atom. The summed E-state index contributed by atoms with van der Waals surface area (Å²) in [6.07, 6.45) is 2.75. The molecule has 1 amide bonds. The summed E-state index contributed by atoms with van der Waals surface area (Å²) in [7, 11) is 0. The van der Waals surface area contributed by atoms with Gasteiger partial charge in [0.2, 0.25) is 5.91 Å². The highest BCUT2D eigenvalue weighted by Gasteiger charge is 2.17. The van der Waals surface area contributed by atoms with Crippen LogP contribution in [0, 0.1) is 12.7 Å². The molecule has 19 heavy (non-hydrogen) atoms. The first kappa shape index (κ1) is 15.9. The van der Waals surface area contributed by atoms with E-state index in [1.165, 1.54) is 6.07 Å². The van der Waals surface area contributed by atoms with E-state index in [0.29, 0.717) is 24.6 Å². The van der Waals surface area contributed by atoms with Crippen molar-refractivity contribution in [1.82, 2.24) is 10.6 Å². The summed E-state index contributed by atoms with van der Waals surface area (Å²) in [4.78, 5) is 11.7. The second kappa shape index (κ2) is 7.46. The monoisotopic (exact) mass is 286 g/mol. The summed E-state index contributed by atoms with van der Waals surface area (Å²) in [6, 6.07) is 5.23. The van der Waals surface area contributed by atoms with Gasteiger partial charge in [-0.3, -0.25) is 4.79 Å². The smallest absolute Gasteiger partial charge is 0.221 e. The highest BCUT2D eigenvalue weighted by atomic mass is 35.5. The molecule has 0 bridgehead atoms. The number of nitrogens with one attached hydrogen (secondary N) is 2. The summed E-state index contributed by atoms with van der Waals surface area (Å²) in [5.41, 5.74) is 1.54. The van der Waals surface area contributed by atoms with Crippen LogP contribution in [-0.4, -0.2) is 18.5 Å². The maximum absolute atomic E-state index is 13.1. The Morgan fingerprint density at radius 2 is 2.32 bits per heavy atom. The van der Waals surface area contributed by atoms with Crippen molar-refractivity contribution >= 4 is 18.3 Å². The minimum atomic E-state index is -0.208. The van der Waals surface area contributed by atoms with Crippen molar-refractivity contribution in [2.24, 2.45) is 0 Å². The lowest BCUT2D eigenvalue weighted by atomic mass is 10.1. The topological polar surface area (TPSA) is 41.1 Å². The fourth-order valence-corrected chi connectivity index (χ4v) is 2.24. The predicted molar refractivity (Wildman–Crippen MR) is 75.9 cm³/mol. The van der Waals surface area contributed by atoms with Gasteiger partial charge in [0.25, 0.3) is 0 Å². The van der Waals surface area contributed by atoms with E-state index in [0.717, 1.165) is 24.9 Å². The van der Waals surface area contributed by atoms with Gasteiger partial charge in [-0.15, -0.1) is 12.4 Å². The van der Waals surface area contributed by atoms with Crippen molar-refractivity contribution < 1.29 is 9.18 Å². The van der Waals surface area contributed by atoms with E-state index in [1.54, 1.807) is 19.1 Å². The third-order valence-electron chi connectivity index (χ3n) is 3.31. The molecule has 0 aromatic heterocycles. The van der Waals surface area contributed by atoms with Crippen LogP contribution >= 0.6 is 12.4 Å². The SMILES string of the molecule is Cc1cc(CNC(=O)CC2CCCN2)ccc1F.Cl. The first-order chi connectivity index (χ1) is 8.65. The van der Waals surface area contributed by atoms with Crippen LogP contribution < -0.4 is 10.6 Å². The molecule has 2 N–H and O–H groups in total. The Kier molecular flexibility index (Phi) is 6.25. The number of carbonyl (C=O) groups is 1. The number of carbonyl (C=O) groups excluding carboxylic acids is 1. The fourth-order valence-electron chi connectivity index (χ4n) is 2.24. The highest BCUT2D eigenvalue weighted by molar-refractivity contribution is 5.85. The molecule has 1 aliphatic heterocycles. The van der Waals surface area contributed by atoms with E-state index < -0.39 is 0 Å². The zero-order chi connectivity index (χ0) is 13.0. The molecule has 1 unspecified atom stereocenters. The average Bonchev–Trinajstić information content (AvgIpc) is 2.83. The number of halogens is 2. The van der Waals surface area contributed by atoms with Gasteiger partial charge >= 0.3 is 0 Å². The van der Waals surface area contributed by atoms with Crippen molar-refractivity contribution in [3.63, 3.8) is 0 Å². The van der Waals surface area contributed by atoms with Gasteiger partial charge in [-0.1, -0.05) is 12.1 Å². The molecule has 1 heterocycles. The molecule has 0 radical (unpaired) electrons. The second-order valence-electron chi connectivity index (χ2n) is 4.86. The van der Waals surface area contributed by atoms with Crippen molar-refractivity contribution in [3.8, 4) is 0 Å². The van der Waals surface area contributed by atoms with Crippen LogP contribution in [0.5, 0.6) is 0 Å². The summed E-state index contributed by atoms with van der Waals surface area (Å²) in [6.45, 7) is 3.20. The van der Waals surface area contributed by atoms with E-state index in [9.17, 15) is 9.18 Å². The first-order valence-corrected chi connectivity index (χ1v) is 6.40. The van der Waals surface area contributed by atoms with Crippen LogP contribution in [0.25, 0.3) is 0 Å². The van der Waals surface area contributed by atoms with Gasteiger partial charge < -0.3 is 10.6 Å². The Bertz CT molecular complexity index is 433. The zero-order valence-corrected chi connectivity index (χ0v) is 11.9. The van der Waals surface area contributed by atoms with Crippen molar-refractivity contribution in [3.05, 3.63) is 35.1 Å². The van der Waals surface area contributed by atoms with Crippen molar-refractivity contribution in [2.45, 2.75) is 38.8 Å². The molecule has 1 atom stereocenters. The van der Waals surface area contributed by atoms with E-state index in [-0.39, 0.29) is 24.1 Å². The third-order valence-corrected chi connectivity index (χ3v) is 3.31. The number of hydrogen-bond donors (Lipinski definition) is 2. The highest BCUT2D eigenvalue weighted by Crippen LogP contribution is 2.10. The summed E-state index contributed by atoms with van der Waals surface area (Å²) in [5, 5.41) is 6.16. The zero-order valence-electron chi connectivity index (χ0n) is 11.0. The fraction of sp³-hybridized carbons (Fsp3) is 0.500. The second-order valence-corrected chi connectivity index (χ2v) is 4.86. The molecule has 106 valence electrons. The molecule has 0 spiro atoms. The molecular weight excluding hydrogens is 267 g/mol. The molecule has 2 rings (SSSR count). The van der Waals surface area contributed by atoms with Gasteiger partial charge in [-0.2, -0.15) is 0 Å². The minimum absolute atomic E-state index is 0. The van der Waals surface area contributed by atoms with E-state index in [2.05, 4.69) is 10.6 Å². The van der Waals surface area contributed by atoms with Crippen LogP contribution in [-0.2, 0) is 11.3 Å². The molecule has 1 saturated heterocycles. The van der Waals surface area contributed by atoms with Gasteiger partial charge in [0.15, 0.2) is 0 Å². The van der Waals surface area contributed by atoms with Gasteiger partial charge in [0.05, 0.1) is 0 Å². The quantitative estimate of drug-likeness (QED) is 0.892. The lowest BCUT2D eigenvalue weighted by Gasteiger charge is -2.10. The Morgan fingerprint density at radius 1 is 1.53 bits per heavy atom. The van der Waals surface area contributed by atoms with E-state index >= 15 is 0 Å². The van der Waals surface area contributed by atoms with E-state index in [4.69, 9.17) is 0 Å². The number of aryl methyl sites for hydroxylation is 1. The lowest BCUT2D eigenvalue weighted by Crippen LogP contribution is -2.31. The summed E-state index contributed by atoms with van der Waals surface area (Å²) >= 11 is 0. The molecule has 0 saturated carbocycles. The number of benzene rings is 1. The Labute approximate surface area is 119 Å². The van der Waals surface area contributed by atoms with Crippen LogP contribution in [0.3, 0.4) is 0 Å². The van der Waals surface area contributed by atoms with Gasteiger partial charge in [0.1, 0.15) is 5.82 Å². The first-order valence-electron chi connectivity index (χ1n) is 6.40. The van der Waals surface area contributed by atoms with Crippen molar-refractivity contribution in [2.75, 3.05) is 6.54 Å². The maximum atomic E-state index is 13.1. The molecule has 5 heteroatoms. The maximum Gasteiger partial charge on any atom is 0.221 e. The Hall–Kier alpha value is -1.13. The van der Waals surface area contributed by atoms with Crippen molar-refractivity contribution in [1.29, 1.82) is 0 Å². The molecule has 1 aromatic carbocycles.